The molecule has 1 aliphatic heterocycles. The van der Waals surface area contributed by atoms with Crippen LogP contribution in [0.2, 0.25) is 0 Å². The molecular formula is C30H35F3N6O5S2. The number of sulfonamides is 1. The average molecular weight is 681 g/mol. The molecule has 5 rings (SSSR count). The summed E-state index contributed by atoms with van der Waals surface area (Å²) in [5, 5.41) is 9.35. The van der Waals surface area contributed by atoms with Gasteiger partial charge in [0.25, 0.3) is 5.56 Å². The lowest BCUT2D eigenvalue weighted by Gasteiger charge is -2.39. The molecule has 0 bridgehead atoms. The number of halogens is 3. The maximum absolute atomic E-state index is 13.7. The quantitative estimate of drug-likeness (QED) is 0.243. The molecule has 1 fully saturated rings. The molecule has 0 radical (unpaired) electrons. The molecule has 1 atom stereocenters. The summed E-state index contributed by atoms with van der Waals surface area (Å²) < 4.78 is 70.5. The monoisotopic (exact) mass is 680 g/mol. The number of fused-ring (bicyclic) bond motifs is 1. The Morgan fingerprint density at radius 3 is 2.39 bits per heavy atom. The van der Waals surface area contributed by atoms with Gasteiger partial charge in [0.15, 0.2) is 5.13 Å². The van der Waals surface area contributed by atoms with E-state index in [1.807, 2.05) is 38.1 Å². The Hall–Kier alpha value is -4.02. The Labute approximate surface area is 268 Å². The predicted molar refractivity (Wildman–Crippen MR) is 169 cm³/mol. The molecule has 4 aromatic rings. The molecule has 0 unspecified atom stereocenters. The van der Waals surface area contributed by atoms with Crippen LogP contribution in [0, 0.1) is 0 Å². The van der Waals surface area contributed by atoms with E-state index in [1.54, 1.807) is 4.90 Å². The van der Waals surface area contributed by atoms with Crippen molar-refractivity contribution in [1.29, 1.82) is 0 Å². The average Bonchev–Trinajstić information content (AvgIpc) is 3.49. The van der Waals surface area contributed by atoms with Crippen LogP contribution < -0.4 is 20.5 Å². The second-order valence-electron chi connectivity index (χ2n) is 10.1. The standard InChI is InChI=1S/C28H29F3N6O5S2.C2H6/c1-2-3-4-18-5-7-19(8-6-18)15-32-25(38)23-17-36(27-34-22-16-33-35-26(39)24(22)43-27)13-14-37(23)44(40,41)21-11-9-20(10-12-21)42-28(29,30)31;1-2/h5-12,16,23H,2-4,13-15,17H2,1H3,(H,32,38)(H,35,39);1-2H3/t23-;/m1./s1. The Morgan fingerprint density at radius 2 is 1.76 bits per heavy atom. The van der Waals surface area contributed by atoms with E-state index in [2.05, 4.69) is 32.2 Å². The fourth-order valence-corrected chi connectivity index (χ4v) is 7.34. The van der Waals surface area contributed by atoms with Crippen LogP contribution in [0.5, 0.6) is 5.75 Å². The zero-order valence-electron chi connectivity index (χ0n) is 25.5. The number of aryl methyl sites for hydroxylation is 1. The minimum Gasteiger partial charge on any atom is -0.406 e. The first-order valence-electron chi connectivity index (χ1n) is 14.8. The molecule has 46 heavy (non-hydrogen) atoms. The summed E-state index contributed by atoms with van der Waals surface area (Å²) in [4.78, 5) is 31.7. The van der Waals surface area contributed by atoms with Crippen LogP contribution in [-0.2, 0) is 27.8 Å². The number of aromatic nitrogens is 3. The van der Waals surface area contributed by atoms with Gasteiger partial charge in [-0.3, -0.25) is 9.59 Å². The number of alkyl halides is 3. The van der Waals surface area contributed by atoms with Gasteiger partial charge in [0.05, 0.1) is 11.1 Å². The number of amides is 1. The first kappa shape index (κ1) is 34.8. The van der Waals surface area contributed by atoms with Crippen LogP contribution in [0.3, 0.4) is 0 Å². The summed E-state index contributed by atoms with van der Waals surface area (Å²) in [6, 6.07) is 10.4. The van der Waals surface area contributed by atoms with Crippen molar-refractivity contribution in [3.8, 4) is 5.75 Å². The van der Waals surface area contributed by atoms with Gasteiger partial charge < -0.3 is 15.0 Å². The molecule has 3 heterocycles. The van der Waals surface area contributed by atoms with Gasteiger partial charge in [0.2, 0.25) is 15.9 Å². The van der Waals surface area contributed by atoms with Crippen LogP contribution in [-0.4, -0.2) is 65.9 Å². The predicted octanol–water partition coefficient (Wildman–Crippen LogP) is 4.84. The molecule has 248 valence electrons. The molecular weight excluding hydrogens is 645 g/mol. The van der Waals surface area contributed by atoms with E-state index in [-0.39, 0.29) is 31.1 Å². The molecule has 1 aliphatic rings. The summed E-state index contributed by atoms with van der Waals surface area (Å²) >= 11 is 1.10. The molecule has 11 nitrogen and oxygen atoms in total. The number of piperazine rings is 1. The van der Waals surface area contributed by atoms with Crippen molar-refractivity contribution in [2.24, 2.45) is 0 Å². The lowest BCUT2D eigenvalue weighted by Crippen LogP contribution is -2.60. The molecule has 1 amide bonds. The van der Waals surface area contributed by atoms with Gasteiger partial charge in [-0.05, 0) is 48.2 Å². The van der Waals surface area contributed by atoms with Crippen LogP contribution in [0.15, 0.2) is 64.4 Å². The topological polar surface area (TPSA) is 138 Å². The Balaban J connectivity index is 0.00000235. The van der Waals surface area contributed by atoms with Gasteiger partial charge in [-0.2, -0.15) is 9.40 Å². The highest BCUT2D eigenvalue weighted by Gasteiger charge is 2.41. The van der Waals surface area contributed by atoms with Gasteiger partial charge in [-0.15, -0.1) is 13.2 Å². The Morgan fingerprint density at radius 1 is 1.09 bits per heavy atom. The molecule has 0 aliphatic carbocycles. The molecule has 2 aromatic heterocycles. The third-order valence-electron chi connectivity index (χ3n) is 7.08. The lowest BCUT2D eigenvalue weighted by molar-refractivity contribution is -0.274. The molecule has 2 aromatic carbocycles. The zero-order chi connectivity index (χ0) is 33.5. The summed E-state index contributed by atoms with van der Waals surface area (Å²) in [5.41, 5.74) is 1.96. The van der Waals surface area contributed by atoms with Crippen molar-refractivity contribution in [3.63, 3.8) is 0 Å². The highest BCUT2D eigenvalue weighted by molar-refractivity contribution is 7.89. The van der Waals surface area contributed by atoms with Crippen molar-refractivity contribution in [3.05, 3.63) is 76.2 Å². The smallest absolute Gasteiger partial charge is 0.406 e. The van der Waals surface area contributed by atoms with Crippen LogP contribution >= 0.6 is 11.3 Å². The zero-order valence-corrected chi connectivity index (χ0v) is 27.1. The van der Waals surface area contributed by atoms with E-state index >= 15 is 0 Å². The minimum atomic E-state index is -4.93. The van der Waals surface area contributed by atoms with E-state index < -0.39 is 39.6 Å². The summed E-state index contributed by atoms with van der Waals surface area (Å²) in [6.07, 6.45) is -0.439. The SMILES string of the molecule is CC.CCCCc1ccc(CNC(=O)[C@H]2CN(c3nc4cn[nH]c(=O)c4s3)CCN2S(=O)(=O)c2ccc(OC(F)(F)F)cc2)cc1. The number of unbranched alkanes of at least 4 members (excludes halogenated alkanes) is 1. The normalized spacial score (nSPS) is 15.7. The molecule has 0 spiro atoms. The highest BCUT2D eigenvalue weighted by Crippen LogP contribution is 2.31. The maximum atomic E-state index is 13.7. The van der Waals surface area contributed by atoms with Crippen molar-refractivity contribution in [1.82, 2.24) is 24.8 Å². The number of aromatic amines is 1. The molecule has 16 heteroatoms. The highest BCUT2D eigenvalue weighted by atomic mass is 32.2. The number of carbonyl (C=O) groups is 1. The fraction of sp³-hybridized carbons (Fsp3) is 0.400. The van der Waals surface area contributed by atoms with Crippen molar-refractivity contribution in [2.45, 2.75) is 63.9 Å². The number of hydrogen-bond acceptors (Lipinski definition) is 9. The van der Waals surface area contributed by atoms with E-state index in [4.69, 9.17) is 0 Å². The Bertz CT molecular complexity index is 1780. The van der Waals surface area contributed by atoms with Crippen LogP contribution in [0.25, 0.3) is 10.2 Å². The molecule has 2 N–H and O–H groups in total. The van der Waals surface area contributed by atoms with Crippen molar-refractivity contribution >= 4 is 42.6 Å². The van der Waals surface area contributed by atoms with E-state index in [0.29, 0.717) is 15.3 Å². The van der Waals surface area contributed by atoms with Crippen molar-refractivity contribution in [2.75, 3.05) is 24.5 Å². The number of H-pyrrole nitrogens is 1. The number of hydrogen-bond donors (Lipinski definition) is 2. The first-order chi connectivity index (χ1) is 21.9. The van der Waals surface area contributed by atoms with Crippen LogP contribution in [0.4, 0.5) is 18.3 Å². The number of nitrogens with zero attached hydrogens (tertiary/aromatic N) is 4. The van der Waals surface area contributed by atoms with E-state index in [1.165, 1.54) is 11.8 Å². The van der Waals surface area contributed by atoms with E-state index in [0.717, 1.165) is 64.7 Å². The van der Waals surface area contributed by atoms with E-state index in [9.17, 15) is 31.2 Å². The number of anilines is 1. The van der Waals surface area contributed by atoms with Gasteiger partial charge in [-0.1, -0.05) is 62.8 Å². The number of thiazole rings is 1. The summed E-state index contributed by atoms with van der Waals surface area (Å²) in [7, 11) is -4.32. The first-order valence-corrected chi connectivity index (χ1v) is 17.0. The van der Waals surface area contributed by atoms with Gasteiger partial charge >= 0.3 is 6.36 Å². The molecule has 1 saturated heterocycles. The largest absolute Gasteiger partial charge is 0.573 e. The van der Waals surface area contributed by atoms with Gasteiger partial charge in [0.1, 0.15) is 22.0 Å². The van der Waals surface area contributed by atoms with Gasteiger partial charge in [0, 0.05) is 26.2 Å². The van der Waals surface area contributed by atoms with Gasteiger partial charge in [-0.25, -0.2) is 18.5 Å². The van der Waals surface area contributed by atoms with Crippen LogP contribution in [0.1, 0.15) is 44.7 Å². The molecule has 0 saturated carbocycles. The third kappa shape index (κ3) is 8.41. The number of rotatable bonds is 10. The maximum Gasteiger partial charge on any atom is 0.573 e. The lowest BCUT2D eigenvalue weighted by atomic mass is 10.1. The number of ether oxygens (including phenoxy) is 1. The third-order valence-corrected chi connectivity index (χ3v) is 10.1. The number of carbonyl (C=O) groups excluding carboxylic acids is 1. The second kappa shape index (κ2) is 15.0. The fourth-order valence-electron chi connectivity index (χ4n) is 4.81. The number of benzene rings is 2. The van der Waals surface area contributed by atoms with Crippen molar-refractivity contribution < 1.29 is 31.1 Å². The minimum absolute atomic E-state index is 0.0819. The number of nitrogens with one attached hydrogen (secondary N) is 2. The summed E-state index contributed by atoms with van der Waals surface area (Å²) in [5.74, 6) is -1.14. The second-order valence-corrected chi connectivity index (χ2v) is 13.0. The Kier molecular flexibility index (Phi) is 11.4. The summed E-state index contributed by atoms with van der Waals surface area (Å²) in [6.45, 7) is 6.20.